The molecule has 1 atom stereocenters. The molecule has 0 aromatic carbocycles. The lowest BCUT2D eigenvalue weighted by Gasteiger charge is -2.22. The summed E-state index contributed by atoms with van der Waals surface area (Å²) in [6, 6.07) is 4.80. The molecule has 0 spiro atoms. The van der Waals surface area contributed by atoms with Crippen LogP contribution < -0.4 is 5.32 Å². The molecule has 2 heterocycles. The largest absolute Gasteiger partial charge is 0.440 e. The smallest absolute Gasteiger partial charge is 0.287 e. The van der Waals surface area contributed by atoms with Gasteiger partial charge in [0.25, 0.3) is 5.91 Å². The predicted octanol–water partition coefficient (Wildman–Crippen LogP) is 2.63. The third kappa shape index (κ3) is 2.93. The fourth-order valence-electron chi connectivity index (χ4n) is 1.45. The molecule has 0 aliphatic rings. The zero-order valence-electron chi connectivity index (χ0n) is 9.64. The molecule has 4 nitrogen and oxygen atoms in total. The molecule has 0 saturated heterocycles. The number of hydrogen-bond donors (Lipinski definition) is 2. The van der Waals surface area contributed by atoms with Crippen LogP contribution in [0.1, 0.15) is 23.0 Å². The highest BCUT2D eigenvalue weighted by atomic mass is 35.5. The van der Waals surface area contributed by atoms with Crippen molar-refractivity contribution in [2.24, 2.45) is 0 Å². The van der Waals surface area contributed by atoms with Crippen LogP contribution in [0.15, 0.2) is 33.4 Å². The minimum Gasteiger partial charge on any atom is -0.440 e. The summed E-state index contributed by atoms with van der Waals surface area (Å²) in [6.07, 6.45) is 0. The Morgan fingerprint density at radius 3 is 2.89 bits per heavy atom. The van der Waals surface area contributed by atoms with E-state index in [1.165, 1.54) is 23.5 Å². The lowest BCUT2D eigenvalue weighted by Crippen LogP contribution is -2.38. The Labute approximate surface area is 113 Å². The molecule has 18 heavy (non-hydrogen) atoms. The van der Waals surface area contributed by atoms with E-state index in [1.54, 1.807) is 6.92 Å². The highest BCUT2D eigenvalue weighted by Gasteiger charge is 2.25. The predicted molar refractivity (Wildman–Crippen MR) is 69.9 cm³/mol. The van der Waals surface area contributed by atoms with Gasteiger partial charge in [-0.25, -0.2) is 0 Å². The van der Waals surface area contributed by atoms with E-state index in [1.807, 2.05) is 16.8 Å². The van der Waals surface area contributed by atoms with Crippen molar-refractivity contribution in [3.05, 3.63) is 45.5 Å². The number of hydrogen-bond acceptors (Lipinski definition) is 4. The first-order chi connectivity index (χ1) is 8.49. The number of halogens is 1. The quantitative estimate of drug-likeness (QED) is 0.908. The maximum atomic E-state index is 11.7. The second-order valence-electron chi connectivity index (χ2n) is 4.07. The van der Waals surface area contributed by atoms with Crippen LogP contribution in [0.5, 0.6) is 0 Å². The van der Waals surface area contributed by atoms with Crippen LogP contribution in [-0.4, -0.2) is 17.6 Å². The van der Waals surface area contributed by atoms with E-state index < -0.39 is 11.5 Å². The highest BCUT2D eigenvalue weighted by Crippen LogP contribution is 2.22. The molecule has 0 bridgehead atoms. The molecule has 0 aliphatic carbocycles. The van der Waals surface area contributed by atoms with Gasteiger partial charge in [0.1, 0.15) is 5.60 Å². The maximum absolute atomic E-state index is 11.7. The van der Waals surface area contributed by atoms with Crippen LogP contribution in [0.4, 0.5) is 0 Å². The van der Waals surface area contributed by atoms with E-state index >= 15 is 0 Å². The number of thiophene rings is 1. The molecule has 0 radical (unpaired) electrons. The second kappa shape index (κ2) is 5.14. The molecule has 0 saturated carbocycles. The third-order valence-electron chi connectivity index (χ3n) is 2.53. The van der Waals surface area contributed by atoms with E-state index in [9.17, 15) is 9.90 Å². The standard InChI is InChI=1S/C12H12ClNO3S/c1-12(16,8-4-5-18-6-8)7-14-11(15)9-2-3-10(13)17-9/h2-6,16H,7H2,1H3,(H,14,15). The molecule has 1 unspecified atom stereocenters. The topological polar surface area (TPSA) is 62.5 Å². The zero-order chi connectivity index (χ0) is 13.2. The summed E-state index contributed by atoms with van der Waals surface area (Å²) in [6.45, 7) is 1.74. The molecule has 2 aromatic rings. The zero-order valence-corrected chi connectivity index (χ0v) is 11.2. The van der Waals surface area contributed by atoms with E-state index in [0.717, 1.165) is 5.56 Å². The number of carbonyl (C=O) groups is 1. The second-order valence-corrected chi connectivity index (χ2v) is 5.22. The summed E-state index contributed by atoms with van der Waals surface area (Å²) >= 11 is 7.07. The van der Waals surface area contributed by atoms with Gasteiger partial charge >= 0.3 is 0 Å². The van der Waals surface area contributed by atoms with Crippen molar-refractivity contribution in [2.45, 2.75) is 12.5 Å². The van der Waals surface area contributed by atoms with Crippen molar-refractivity contribution in [1.82, 2.24) is 5.32 Å². The first-order valence-electron chi connectivity index (χ1n) is 5.27. The molecule has 0 fully saturated rings. The van der Waals surface area contributed by atoms with Crippen molar-refractivity contribution in [2.75, 3.05) is 6.54 Å². The average Bonchev–Trinajstić information content (AvgIpc) is 2.96. The van der Waals surface area contributed by atoms with Crippen molar-refractivity contribution in [3.8, 4) is 0 Å². The van der Waals surface area contributed by atoms with Crippen LogP contribution in [0.3, 0.4) is 0 Å². The molecule has 1 amide bonds. The summed E-state index contributed by atoms with van der Waals surface area (Å²) in [4.78, 5) is 11.7. The van der Waals surface area contributed by atoms with Gasteiger partial charge in [0.05, 0.1) is 6.54 Å². The van der Waals surface area contributed by atoms with Gasteiger partial charge in [-0.2, -0.15) is 11.3 Å². The number of furan rings is 1. The molecule has 2 aromatic heterocycles. The molecule has 0 aliphatic heterocycles. The molecular formula is C12H12ClNO3S. The van der Waals surface area contributed by atoms with Crippen molar-refractivity contribution >= 4 is 28.8 Å². The summed E-state index contributed by atoms with van der Waals surface area (Å²) in [5.41, 5.74) is -0.336. The summed E-state index contributed by atoms with van der Waals surface area (Å²) < 4.78 is 4.98. The lowest BCUT2D eigenvalue weighted by molar-refractivity contribution is 0.0522. The molecule has 2 rings (SSSR count). The SMILES string of the molecule is CC(O)(CNC(=O)c1ccc(Cl)o1)c1ccsc1. The molecule has 6 heteroatoms. The van der Waals surface area contributed by atoms with E-state index in [2.05, 4.69) is 5.32 Å². The normalized spacial score (nSPS) is 14.2. The number of amides is 1. The first kappa shape index (κ1) is 13.1. The van der Waals surface area contributed by atoms with Gasteiger partial charge in [-0.1, -0.05) is 0 Å². The minimum atomic E-state index is -1.11. The molecular weight excluding hydrogens is 274 g/mol. The number of aliphatic hydroxyl groups is 1. The summed E-state index contributed by atoms with van der Waals surface area (Å²) in [5.74, 6) is -0.279. The van der Waals surface area contributed by atoms with Crippen LogP contribution in [-0.2, 0) is 5.60 Å². The fourth-order valence-corrected chi connectivity index (χ4v) is 2.38. The summed E-state index contributed by atoms with van der Waals surface area (Å²) in [5, 5.41) is 16.7. The van der Waals surface area contributed by atoms with E-state index in [4.69, 9.17) is 16.0 Å². The third-order valence-corrected chi connectivity index (χ3v) is 3.42. The Morgan fingerprint density at radius 1 is 1.56 bits per heavy atom. The van der Waals surface area contributed by atoms with Gasteiger partial charge in [-0.3, -0.25) is 4.79 Å². The minimum absolute atomic E-state index is 0.0981. The van der Waals surface area contributed by atoms with E-state index in [-0.39, 0.29) is 17.5 Å². The fraction of sp³-hybridized carbons (Fsp3) is 0.250. The Hall–Kier alpha value is -1.30. The van der Waals surface area contributed by atoms with Crippen molar-refractivity contribution in [3.63, 3.8) is 0 Å². The van der Waals surface area contributed by atoms with E-state index in [0.29, 0.717) is 0 Å². The summed E-state index contributed by atoms with van der Waals surface area (Å²) in [7, 11) is 0. The van der Waals surface area contributed by atoms with Crippen molar-refractivity contribution in [1.29, 1.82) is 0 Å². The van der Waals surface area contributed by atoms with Gasteiger partial charge in [0.15, 0.2) is 11.0 Å². The van der Waals surface area contributed by atoms with Gasteiger partial charge in [-0.05, 0) is 53.0 Å². The number of carbonyl (C=O) groups excluding carboxylic acids is 1. The number of nitrogens with one attached hydrogen (secondary N) is 1. The molecule has 96 valence electrons. The van der Waals surface area contributed by atoms with Gasteiger partial charge in [-0.15, -0.1) is 0 Å². The number of rotatable bonds is 4. The van der Waals surface area contributed by atoms with Crippen LogP contribution in [0.2, 0.25) is 5.22 Å². The Bertz CT molecular complexity index is 533. The van der Waals surface area contributed by atoms with Crippen LogP contribution in [0.25, 0.3) is 0 Å². The van der Waals surface area contributed by atoms with Gasteiger partial charge in [0, 0.05) is 0 Å². The van der Waals surface area contributed by atoms with Crippen LogP contribution >= 0.6 is 22.9 Å². The Balaban J connectivity index is 1.98. The van der Waals surface area contributed by atoms with Gasteiger partial charge in [0.2, 0.25) is 0 Å². The monoisotopic (exact) mass is 285 g/mol. The lowest BCUT2D eigenvalue weighted by atomic mass is 9.99. The Morgan fingerprint density at radius 2 is 2.33 bits per heavy atom. The average molecular weight is 286 g/mol. The first-order valence-corrected chi connectivity index (χ1v) is 6.60. The molecule has 2 N–H and O–H groups in total. The highest BCUT2D eigenvalue weighted by molar-refractivity contribution is 7.08. The van der Waals surface area contributed by atoms with Crippen molar-refractivity contribution < 1.29 is 14.3 Å². The van der Waals surface area contributed by atoms with Crippen LogP contribution in [0, 0.1) is 0 Å². The van der Waals surface area contributed by atoms with Gasteiger partial charge < -0.3 is 14.8 Å². The Kier molecular flexibility index (Phi) is 3.75. The maximum Gasteiger partial charge on any atom is 0.287 e.